The monoisotopic (exact) mass is 265 g/mol. The number of rotatable bonds is 3. The Morgan fingerprint density at radius 3 is 2.63 bits per heavy atom. The second-order valence-electron chi connectivity index (χ2n) is 5.10. The lowest BCUT2D eigenvalue weighted by Crippen LogP contribution is -2.36. The maximum Gasteiger partial charge on any atom is 0.319 e. The van der Waals surface area contributed by atoms with Gasteiger partial charge in [0, 0.05) is 12.6 Å². The minimum atomic E-state index is -0.429. The maximum absolute atomic E-state index is 13.3. The number of hydrogen-bond acceptors (Lipinski definition) is 2. The first-order chi connectivity index (χ1) is 9.15. The van der Waals surface area contributed by atoms with E-state index in [-0.39, 0.29) is 11.7 Å². The Kier molecular flexibility index (Phi) is 4.74. The summed E-state index contributed by atoms with van der Waals surface area (Å²) in [6.45, 7) is 0.618. The molecule has 104 valence electrons. The van der Waals surface area contributed by atoms with Gasteiger partial charge in [0.15, 0.2) is 0 Å². The van der Waals surface area contributed by atoms with Gasteiger partial charge in [-0.05, 0) is 43.7 Å². The molecule has 2 amide bonds. The van der Waals surface area contributed by atoms with Crippen LogP contribution in [0.3, 0.4) is 0 Å². The first kappa shape index (κ1) is 13.8. The van der Waals surface area contributed by atoms with Crippen LogP contribution in [0.15, 0.2) is 24.3 Å². The summed E-state index contributed by atoms with van der Waals surface area (Å²) in [6, 6.07) is 6.07. The van der Waals surface area contributed by atoms with Gasteiger partial charge < -0.3 is 16.4 Å². The number of nitrogens with two attached hydrogens (primary N) is 1. The van der Waals surface area contributed by atoms with Crippen molar-refractivity contribution in [1.29, 1.82) is 0 Å². The number of carbonyl (C=O) groups excluding carboxylic acids is 1. The molecule has 1 aromatic carbocycles. The van der Waals surface area contributed by atoms with E-state index < -0.39 is 5.82 Å². The highest BCUT2D eigenvalue weighted by molar-refractivity contribution is 5.89. The van der Waals surface area contributed by atoms with Crippen molar-refractivity contribution in [3.05, 3.63) is 30.1 Å². The largest absolute Gasteiger partial charge is 0.338 e. The van der Waals surface area contributed by atoms with Gasteiger partial charge in [0.2, 0.25) is 0 Å². The Hall–Kier alpha value is -1.62. The van der Waals surface area contributed by atoms with Crippen molar-refractivity contribution in [1.82, 2.24) is 5.32 Å². The van der Waals surface area contributed by atoms with Gasteiger partial charge in [0.25, 0.3) is 0 Å². The molecule has 0 radical (unpaired) electrons. The van der Waals surface area contributed by atoms with Crippen molar-refractivity contribution in [2.24, 2.45) is 11.7 Å². The smallest absolute Gasteiger partial charge is 0.319 e. The first-order valence-electron chi connectivity index (χ1n) is 6.70. The molecule has 0 aromatic heterocycles. The highest BCUT2D eigenvalue weighted by Crippen LogP contribution is 2.22. The second kappa shape index (κ2) is 6.52. The molecule has 19 heavy (non-hydrogen) atoms. The third kappa shape index (κ3) is 4.21. The van der Waals surface area contributed by atoms with Crippen molar-refractivity contribution in [3.8, 4) is 0 Å². The minimum Gasteiger partial charge on any atom is -0.338 e. The van der Waals surface area contributed by atoms with Gasteiger partial charge in [-0.2, -0.15) is 0 Å². The lowest BCUT2D eigenvalue weighted by molar-refractivity contribution is 0.246. The van der Waals surface area contributed by atoms with E-state index in [2.05, 4.69) is 10.6 Å². The summed E-state index contributed by atoms with van der Waals surface area (Å²) in [6.07, 6.45) is 4.12. The van der Waals surface area contributed by atoms with E-state index in [4.69, 9.17) is 5.73 Å². The predicted molar refractivity (Wildman–Crippen MR) is 73.4 cm³/mol. The fraction of sp³-hybridized carbons (Fsp3) is 0.500. The van der Waals surface area contributed by atoms with E-state index in [0.29, 0.717) is 18.5 Å². The van der Waals surface area contributed by atoms with Gasteiger partial charge in [-0.3, -0.25) is 0 Å². The highest BCUT2D eigenvalue weighted by Gasteiger charge is 2.18. The average molecular weight is 265 g/mol. The molecule has 0 aliphatic heterocycles. The Bertz CT molecular complexity index is 430. The number of halogens is 1. The topological polar surface area (TPSA) is 67.1 Å². The molecule has 1 saturated carbocycles. The van der Waals surface area contributed by atoms with Gasteiger partial charge >= 0.3 is 6.03 Å². The van der Waals surface area contributed by atoms with Crippen LogP contribution in [0.25, 0.3) is 0 Å². The second-order valence-corrected chi connectivity index (χ2v) is 5.10. The van der Waals surface area contributed by atoms with E-state index in [9.17, 15) is 9.18 Å². The van der Waals surface area contributed by atoms with Crippen LogP contribution in [0.1, 0.15) is 25.7 Å². The van der Waals surface area contributed by atoms with E-state index in [0.717, 1.165) is 25.7 Å². The number of para-hydroxylation sites is 1. The Morgan fingerprint density at radius 2 is 1.95 bits per heavy atom. The molecule has 0 heterocycles. The molecule has 0 atom stereocenters. The number of hydrogen-bond donors (Lipinski definition) is 3. The molecule has 0 saturated heterocycles. The number of benzene rings is 1. The van der Waals surface area contributed by atoms with Gasteiger partial charge in [0.1, 0.15) is 5.82 Å². The van der Waals surface area contributed by atoms with Crippen molar-refractivity contribution in [3.63, 3.8) is 0 Å². The molecular weight excluding hydrogens is 245 g/mol. The molecule has 2 rings (SSSR count). The molecule has 1 aliphatic rings. The zero-order valence-electron chi connectivity index (χ0n) is 10.9. The Labute approximate surface area is 112 Å². The van der Waals surface area contributed by atoms with Crippen LogP contribution in [0, 0.1) is 11.7 Å². The van der Waals surface area contributed by atoms with Crippen molar-refractivity contribution >= 4 is 11.7 Å². The number of urea groups is 1. The van der Waals surface area contributed by atoms with Crippen molar-refractivity contribution in [2.75, 3.05) is 11.9 Å². The standard InChI is InChI=1S/C14H20FN3O/c15-12-3-1-2-4-13(12)18-14(19)17-9-10-5-7-11(16)8-6-10/h1-4,10-11H,5-9,16H2,(H2,17,18,19). The third-order valence-corrected chi connectivity index (χ3v) is 3.56. The number of anilines is 1. The van der Waals surface area contributed by atoms with E-state index in [1.165, 1.54) is 12.1 Å². The van der Waals surface area contributed by atoms with Crippen molar-refractivity contribution in [2.45, 2.75) is 31.7 Å². The quantitative estimate of drug-likeness (QED) is 0.786. The van der Waals surface area contributed by atoms with Crippen LogP contribution in [-0.4, -0.2) is 18.6 Å². The molecule has 0 unspecified atom stereocenters. The zero-order valence-corrected chi connectivity index (χ0v) is 10.9. The lowest BCUT2D eigenvalue weighted by Gasteiger charge is -2.26. The summed E-state index contributed by atoms with van der Waals surface area (Å²) >= 11 is 0. The lowest BCUT2D eigenvalue weighted by atomic mass is 9.86. The summed E-state index contributed by atoms with van der Waals surface area (Å²) in [7, 11) is 0. The van der Waals surface area contributed by atoms with Crippen molar-refractivity contribution < 1.29 is 9.18 Å². The van der Waals surface area contributed by atoms with Crippen LogP contribution < -0.4 is 16.4 Å². The van der Waals surface area contributed by atoms with Gasteiger partial charge in [-0.1, -0.05) is 12.1 Å². The average Bonchev–Trinajstić information content (AvgIpc) is 2.41. The van der Waals surface area contributed by atoms with E-state index in [1.54, 1.807) is 12.1 Å². The van der Waals surface area contributed by atoms with Crippen LogP contribution in [0.4, 0.5) is 14.9 Å². The first-order valence-corrected chi connectivity index (χ1v) is 6.70. The SMILES string of the molecule is NC1CCC(CNC(=O)Nc2ccccc2F)CC1. The number of nitrogens with one attached hydrogen (secondary N) is 2. The van der Waals surface area contributed by atoms with Crippen LogP contribution in [-0.2, 0) is 0 Å². The van der Waals surface area contributed by atoms with Gasteiger partial charge in [-0.25, -0.2) is 9.18 Å². The summed E-state index contributed by atoms with van der Waals surface area (Å²) in [4.78, 5) is 11.7. The predicted octanol–water partition coefficient (Wildman–Crippen LogP) is 2.46. The fourth-order valence-electron chi connectivity index (χ4n) is 2.36. The molecular formula is C14H20FN3O. The minimum absolute atomic E-state index is 0.200. The van der Waals surface area contributed by atoms with Gasteiger partial charge in [-0.15, -0.1) is 0 Å². The molecule has 1 fully saturated rings. The molecule has 4 nitrogen and oxygen atoms in total. The highest BCUT2D eigenvalue weighted by atomic mass is 19.1. The third-order valence-electron chi connectivity index (χ3n) is 3.56. The Balaban J connectivity index is 1.74. The molecule has 5 heteroatoms. The van der Waals surface area contributed by atoms with Crippen LogP contribution in [0.2, 0.25) is 0 Å². The summed E-state index contributed by atoms with van der Waals surface area (Å²) in [5.74, 6) is 0.0486. The molecule has 4 N–H and O–H groups in total. The van der Waals surface area contributed by atoms with Gasteiger partial charge in [0.05, 0.1) is 5.69 Å². The normalized spacial score (nSPS) is 22.8. The maximum atomic E-state index is 13.3. The summed E-state index contributed by atoms with van der Waals surface area (Å²) in [5, 5.41) is 5.29. The van der Waals surface area contributed by atoms with Crippen LogP contribution >= 0.6 is 0 Å². The summed E-state index contributed by atoms with van der Waals surface area (Å²) < 4.78 is 13.3. The fourth-order valence-corrected chi connectivity index (χ4v) is 2.36. The Morgan fingerprint density at radius 1 is 1.26 bits per heavy atom. The summed E-state index contributed by atoms with van der Waals surface area (Å²) in [5.41, 5.74) is 6.03. The molecule has 0 spiro atoms. The molecule has 1 aromatic rings. The number of amides is 2. The van der Waals surface area contributed by atoms with E-state index in [1.807, 2.05) is 0 Å². The van der Waals surface area contributed by atoms with E-state index >= 15 is 0 Å². The molecule has 0 bridgehead atoms. The molecule has 1 aliphatic carbocycles. The number of carbonyl (C=O) groups is 1. The zero-order chi connectivity index (χ0) is 13.7. The van der Waals surface area contributed by atoms with Crippen LogP contribution in [0.5, 0.6) is 0 Å².